The number of carbonyl (C=O) groups is 1. The summed E-state index contributed by atoms with van der Waals surface area (Å²) in [5.41, 5.74) is 1.29. The van der Waals surface area contributed by atoms with Gasteiger partial charge in [-0.1, -0.05) is 17.7 Å². The van der Waals surface area contributed by atoms with Crippen molar-refractivity contribution in [3.05, 3.63) is 52.7 Å². The molecule has 6 nitrogen and oxygen atoms in total. The van der Waals surface area contributed by atoms with E-state index in [0.717, 1.165) is 6.42 Å². The molecule has 1 aliphatic rings. The summed E-state index contributed by atoms with van der Waals surface area (Å²) in [6.07, 6.45) is 2.12. The second kappa shape index (κ2) is 7.30. The molecule has 1 atom stereocenters. The second-order valence-electron chi connectivity index (χ2n) is 5.26. The fraction of sp³-hybridized carbons (Fsp3) is 0.235. The summed E-state index contributed by atoms with van der Waals surface area (Å²) < 4.78 is 10.9. The van der Waals surface area contributed by atoms with Crippen molar-refractivity contribution in [3.8, 4) is 11.9 Å². The number of aromatic nitrogens is 1. The highest BCUT2D eigenvalue weighted by molar-refractivity contribution is 6.32. The van der Waals surface area contributed by atoms with Gasteiger partial charge >= 0.3 is 0 Å². The summed E-state index contributed by atoms with van der Waals surface area (Å²) in [4.78, 5) is 16.4. The van der Waals surface area contributed by atoms with Crippen molar-refractivity contribution in [3.63, 3.8) is 0 Å². The van der Waals surface area contributed by atoms with Crippen LogP contribution in [-0.2, 0) is 4.74 Å². The van der Waals surface area contributed by atoms with Gasteiger partial charge in [0.05, 0.1) is 30.4 Å². The molecule has 2 aromatic rings. The van der Waals surface area contributed by atoms with Crippen molar-refractivity contribution in [1.29, 1.82) is 5.26 Å². The zero-order valence-corrected chi connectivity index (χ0v) is 13.4. The number of anilines is 1. The fourth-order valence-electron chi connectivity index (χ4n) is 2.27. The van der Waals surface area contributed by atoms with Gasteiger partial charge in [0.2, 0.25) is 5.88 Å². The van der Waals surface area contributed by atoms with E-state index >= 15 is 0 Å². The van der Waals surface area contributed by atoms with E-state index in [0.29, 0.717) is 30.0 Å². The minimum Gasteiger partial charge on any atom is -0.471 e. The first-order chi connectivity index (χ1) is 11.7. The van der Waals surface area contributed by atoms with Crippen molar-refractivity contribution in [2.75, 3.05) is 18.5 Å². The number of nitriles is 1. The molecule has 122 valence electrons. The monoisotopic (exact) mass is 343 g/mol. The zero-order chi connectivity index (χ0) is 16.9. The zero-order valence-electron chi connectivity index (χ0n) is 12.7. The van der Waals surface area contributed by atoms with Crippen LogP contribution in [-0.4, -0.2) is 30.2 Å². The fourth-order valence-corrected chi connectivity index (χ4v) is 2.48. The first-order valence-electron chi connectivity index (χ1n) is 7.37. The molecule has 1 fully saturated rings. The van der Waals surface area contributed by atoms with Crippen LogP contribution in [0.3, 0.4) is 0 Å². The largest absolute Gasteiger partial charge is 0.471 e. The smallest absolute Gasteiger partial charge is 0.257 e. The van der Waals surface area contributed by atoms with Crippen molar-refractivity contribution in [2.45, 2.75) is 12.5 Å². The molecule has 1 saturated heterocycles. The lowest BCUT2D eigenvalue weighted by Gasteiger charge is -2.12. The van der Waals surface area contributed by atoms with E-state index in [1.807, 2.05) is 6.07 Å². The first-order valence-corrected chi connectivity index (χ1v) is 7.75. The third-order valence-electron chi connectivity index (χ3n) is 3.49. The van der Waals surface area contributed by atoms with Gasteiger partial charge in [-0.15, -0.1) is 0 Å². The van der Waals surface area contributed by atoms with Crippen molar-refractivity contribution in [2.24, 2.45) is 0 Å². The van der Waals surface area contributed by atoms with E-state index in [1.54, 1.807) is 24.3 Å². The molecular formula is C17H14ClN3O3. The van der Waals surface area contributed by atoms with Crippen LogP contribution in [0.25, 0.3) is 0 Å². The predicted octanol–water partition coefficient (Wildman–Crippen LogP) is 3.03. The number of hydrogen-bond donors (Lipinski definition) is 1. The number of halogens is 1. The van der Waals surface area contributed by atoms with Gasteiger partial charge < -0.3 is 14.8 Å². The quantitative estimate of drug-likeness (QED) is 0.922. The van der Waals surface area contributed by atoms with Crippen LogP contribution in [0.4, 0.5) is 5.69 Å². The Morgan fingerprint density at radius 3 is 3.04 bits per heavy atom. The van der Waals surface area contributed by atoms with E-state index in [-0.39, 0.29) is 22.9 Å². The number of pyridine rings is 1. The molecule has 1 aromatic heterocycles. The van der Waals surface area contributed by atoms with Crippen LogP contribution < -0.4 is 10.1 Å². The average molecular weight is 344 g/mol. The summed E-state index contributed by atoms with van der Waals surface area (Å²) in [6, 6.07) is 10.2. The minimum absolute atomic E-state index is 0.0663. The Bertz CT molecular complexity index is 798. The Labute approximate surface area is 144 Å². The molecule has 1 amide bonds. The number of hydrogen-bond acceptors (Lipinski definition) is 5. The lowest BCUT2D eigenvalue weighted by molar-refractivity contribution is 0.102. The molecule has 0 bridgehead atoms. The van der Waals surface area contributed by atoms with Gasteiger partial charge in [-0.3, -0.25) is 4.79 Å². The van der Waals surface area contributed by atoms with Gasteiger partial charge in [0.15, 0.2) is 0 Å². The van der Waals surface area contributed by atoms with Gasteiger partial charge in [-0.25, -0.2) is 4.98 Å². The van der Waals surface area contributed by atoms with E-state index in [9.17, 15) is 4.79 Å². The van der Waals surface area contributed by atoms with Crippen LogP contribution in [0.2, 0.25) is 5.02 Å². The molecule has 1 aliphatic heterocycles. The van der Waals surface area contributed by atoms with Gasteiger partial charge in [0, 0.05) is 18.3 Å². The van der Waals surface area contributed by atoms with Crippen LogP contribution in [0.1, 0.15) is 22.3 Å². The number of benzene rings is 1. The Morgan fingerprint density at radius 2 is 2.33 bits per heavy atom. The van der Waals surface area contributed by atoms with Crippen molar-refractivity contribution < 1.29 is 14.3 Å². The number of carbonyl (C=O) groups excluding carboxylic acids is 1. The summed E-state index contributed by atoms with van der Waals surface area (Å²) in [5.74, 6) is -0.0783. The Balaban J connectivity index is 1.70. The first kappa shape index (κ1) is 16.2. The third-order valence-corrected chi connectivity index (χ3v) is 3.76. The molecule has 1 N–H and O–H groups in total. The number of nitrogens with zero attached hydrogens (tertiary/aromatic N) is 2. The normalized spacial score (nSPS) is 16.4. The summed E-state index contributed by atoms with van der Waals surface area (Å²) >= 11 is 6.15. The summed E-state index contributed by atoms with van der Waals surface area (Å²) in [6.45, 7) is 1.17. The van der Waals surface area contributed by atoms with Crippen LogP contribution in [0.15, 0.2) is 36.5 Å². The SMILES string of the molecule is N#Cc1cccc(NC(=O)c2cnc(OC3CCOC3)c(Cl)c2)c1. The molecule has 0 spiro atoms. The van der Waals surface area contributed by atoms with Gasteiger partial charge in [-0.2, -0.15) is 5.26 Å². The molecular weight excluding hydrogens is 330 g/mol. The Morgan fingerprint density at radius 1 is 1.46 bits per heavy atom. The highest BCUT2D eigenvalue weighted by Crippen LogP contribution is 2.25. The maximum Gasteiger partial charge on any atom is 0.257 e. The van der Waals surface area contributed by atoms with Crippen molar-refractivity contribution in [1.82, 2.24) is 4.98 Å². The van der Waals surface area contributed by atoms with Crippen LogP contribution in [0.5, 0.6) is 5.88 Å². The topological polar surface area (TPSA) is 84.2 Å². The molecule has 3 rings (SSSR count). The number of nitrogens with one attached hydrogen (secondary N) is 1. The van der Waals surface area contributed by atoms with E-state index in [1.165, 1.54) is 12.3 Å². The molecule has 24 heavy (non-hydrogen) atoms. The predicted molar refractivity (Wildman–Crippen MR) is 88.2 cm³/mol. The molecule has 0 saturated carbocycles. The third kappa shape index (κ3) is 3.82. The summed E-state index contributed by atoms with van der Waals surface area (Å²) in [7, 11) is 0. The number of amides is 1. The van der Waals surface area contributed by atoms with E-state index < -0.39 is 0 Å². The molecule has 0 radical (unpaired) electrons. The van der Waals surface area contributed by atoms with Gasteiger partial charge in [0.1, 0.15) is 11.1 Å². The van der Waals surface area contributed by atoms with Crippen LogP contribution >= 0.6 is 11.6 Å². The highest BCUT2D eigenvalue weighted by atomic mass is 35.5. The molecule has 1 unspecified atom stereocenters. The van der Waals surface area contributed by atoms with Crippen molar-refractivity contribution >= 4 is 23.2 Å². The highest BCUT2D eigenvalue weighted by Gasteiger charge is 2.20. The van der Waals surface area contributed by atoms with Crippen LogP contribution in [0, 0.1) is 11.3 Å². The van der Waals surface area contributed by atoms with E-state index in [4.69, 9.17) is 26.3 Å². The lowest BCUT2D eigenvalue weighted by Crippen LogP contribution is -2.17. The minimum atomic E-state index is -0.366. The molecule has 0 aliphatic carbocycles. The van der Waals surface area contributed by atoms with E-state index in [2.05, 4.69) is 10.3 Å². The number of rotatable bonds is 4. The average Bonchev–Trinajstić information content (AvgIpc) is 3.10. The second-order valence-corrected chi connectivity index (χ2v) is 5.67. The molecule has 1 aromatic carbocycles. The van der Waals surface area contributed by atoms with Gasteiger partial charge in [-0.05, 0) is 24.3 Å². The maximum absolute atomic E-state index is 12.3. The standard InChI is InChI=1S/C17H14ClN3O3/c18-15-7-12(9-20-17(15)24-14-4-5-23-10-14)16(22)21-13-3-1-2-11(6-13)8-19/h1-3,6-7,9,14H,4-5,10H2,(H,21,22). The van der Waals surface area contributed by atoms with Gasteiger partial charge in [0.25, 0.3) is 5.91 Å². The lowest BCUT2D eigenvalue weighted by atomic mass is 10.2. The maximum atomic E-state index is 12.3. The number of ether oxygens (including phenoxy) is 2. The summed E-state index contributed by atoms with van der Waals surface area (Å²) in [5, 5.41) is 11.9. The Hall–Kier alpha value is -2.62. The molecule has 7 heteroatoms. The molecule has 2 heterocycles. The Kier molecular flexibility index (Phi) is 4.94.